The first-order chi connectivity index (χ1) is 14.1. The SMILES string of the molecule is COCCCN1C(=O)c2ccc(C(=O)NCCc3ccccc3OC)cc2C1=O. The van der Waals surface area contributed by atoms with Crippen molar-refractivity contribution in [3.8, 4) is 5.75 Å². The molecule has 3 amide bonds. The van der Waals surface area contributed by atoms with Crippen LogP contribution in [0, 0.1) is 0 Å². The molecule has 0 aliphatic carbocycles. The number of hydrogen-bond donors (Lipinski definition) is 1. The van der Waals surface area contributed by atoms with Gasteiger partial charge in [-0.25, -0.2) is 0 Å². The summed E-state index contributed by atoms with van der Waals surface area (Å²) in [5.41, 5.74) is 1.95. The molecular weight excluding hydrogens is 372 g/mol. The number of nitrogens with zero attached hydrogens (tertiary/aromatic N) is 1. The maximum Gasteiger partial charge on any atom is 0.261 e. The molecule has 1 aliphatic rings. The monoisotopic (exact) mass is 396 g/mol. The molecule has 1 aliphatic heterocycles. The van der Waals surface area contributed by atoms with Crippen molar-refractivity contribution in [2.24, 2.45) is 0 Å². The van der Waals surface area contributed by atoms with Gasteiger partial charge >= 0.3 is 0 Å². The van der Waals surface area contributed by atoms with Crippen LogP contribution in [0.25, 0.3) is 0 Å². The van der Waals surface area contributed by atoms with Gasteiger partial charge in [-0.3, -0.25) is 19.3 Å². The first kappa shape index (κ1) is 20.5. The normalized spacial score (nSPS) is 12.8. The fraction of sp³-hybridized carbons (Fsp3) is 0.318. The molecule has 2 aromatic rings. The Morgan fingerprint density at radius 2 is 1.79 bits per heavy atom. The van der Waals surface area contributed by atoms with E-state index >= 15 is 0 Å². The highest BCUT2D eigenvalue weighted by Gasteiger charge is 2.35. The standard InChI is InChI=1S/C22H24N2O5/c1-28-13-5-12-24-21(26)17-9-8-16(14-18(17)22(24)27)20(25)23-11-10-15-6-3-4-7-19(15)29-2/h3-4,6-9,14H,5,10-13H2,1-2H3,(H,23,25). The fourth-order valence-corrected chi connectivity index (χ4v) is 3.32. The van der Waals surface area contributed by atoms with Crippen LogP contribution in [0.4, 0.5) is 0 Å². The Bertz CT molecular complexity index is 925. The third-order valence-corrected chi connectivity index (χ3v) is 4.84. The first-order valence-corrected chi connectivity index (χ1v) is 9.46. The summed E-state index contributed by atoms with van der Waals surface area (Å²) in [4.78, 5) is 38.7. The second-order valence-electron chi connectivity index (χ2n) is 6.69. The highest BCUT2D eigenvalue weighted by atomic mass is 16.5. The highest BCUT2D eigenvalue weighted by molar-refractivity contribution is 6.22. The largest absolute Gasteiger partial charge is 0.496 e. The van der Waals surface area contributed by atoms with Crippen molar-refractivity contribution in [3.05, 3.63) is 64.7 Å². The molecule has 1 N–H and O–H groups in total. The molecule has 0 spiro atoms. The van der Waals surface area contributed by atoms with E-state index in [9.17, 15) is 14.4 Å². The van der Waals surface area contributed by atoms with Crippen LogP contribution in [0.3, 0.4) is 0 Å². The maximum absolute atomic E-state index is 12.6. The molecular formula is C22H24N2O5. The van der Waals surface area contributed by atoms with Gasteiger partial charge in [-0.2, -0.15) is 0 Å². The summed E-state index contributed by atoms with van der Waals surface area (Å²) in [5, 5.41) is 2.85. The van der Waals surface area contributed by atoms with Gasteiger partial charge in [0.15, 0.2) is 0 Å². The van der Waals surface area contributed by atoms with E-state index < -0.39 is 0 Å². The molecule has 0 atom stereocenters. The lowest BCUT2D eigenvalue weighted by Gasteiger charge is -2.12. The predicted octanol–water partition coefficient (Wildman–Crippen LogP) is 2.30. The second kappa shape index (κ2) is 9.34. The van der Waals surface area contributed by atoms with Crippen LogP contribution in [0.15, 0.2) is 42.5 Å². The lowest BCUT2D eigenvalue weighted by Crippen LogP contribution is -2.31. The molecule has 152 valence electrons. The number of rotatable bonds is 9. The summed E-state index contributed by atoms with van der Waals surface area (Å²) in [6.07, 6.45) is 1.18. The number of amides is 3. The van der Waals surface area contributed by atoms with E-state index in [1.807, 2.05) is 24.3 Å². The van der Waals surface area contributed by atoms with Crippen molar-refractivity contribution in [1.82, 2.24) is 10.2 Å². The van der Waals surface area contributed by atoms with E-state index in [2.05, 4.69) is 5.32 Å². The Labute approximate surface area is 169 Å². The van der Waals surface area contributed by atoms with Gasteiger partial charge < -0.3 is 14.8 Å². The molecule has 7 heteroatoms. The van der Waals surface area contributed by atoms with E-state index in [1.54, 1.807) is 26.4 Å². The molecule has 1 heterocycles. The lowest BCUT2D eigenvalue weighted by molar-refractivity contribution is 0.0638. The van der Waals surface area contributed by atoms with Crippen molar-refractivity contribution in [2.75, 3.05) is 33.9 Å². The minimum absolute atomic E-state index is 0.268. The van der Waals surface area contributed by atoms with Crippen LogP contribution in [-0.4, -0.2) is 56.5 Å². The fourth-order valence-electron chi connectivity index (χ4n) is 3.32. The number of ether oxygens (including phenoxy) is 2. The molecule has 7 nitrogen and oxygen atoms in total. The van der Waals surface area contributed by atoms with Gasteiger partial charge in [0.2, 0.25) is 0 Å². The number of fused-ring (bicyclic) bond motifs is 1. The Kier molecular flexibility index (Phi) is 6.61. The van der Waals surface area contributed by atoms with Gasteiger partial charge in [0, 0.05) is 32.4 Å². The predicted molar refractivity (Wildman–Crippen MR) is 107 cm³/mol. The minimum atomic E-state index is -0.371. The molecule has 0 saturated heterocycles. The number of carbonyl (C=O) groups excluding carboxylic acids is 3. The van der Waals surface area contributed by atoms with E-state index in [4.69, 9.17) is 9.47 Å². The summed E-state index contributed by atoms with van der Waals surface area (Å²) >= 11 is 0. The number of imide groups is 1. The summed E-state index contributed by atoms with van der Waals surface area (Å²) in [6, 6.07) is 12.2. The molecule has 2 aromatic carbocycles. The van der Waals surface area contributed by atoms with Crippen LogP contribution >= 0.6 is 0 Å². The van der Waals surface area contributed by atoms with Gasteiger partial charge in [0.1, 0.15) is 5.75 Å². The third-order valence-electron chi connectivity index (χ3n) is 4.84. The van der Waals surface area contributed by atoms with E-state index in [0.29, 0.717) is 43.7 Å². The molecule has 0 saturated carbocycles. The first-order valence-electron chi connectivity index (χ1n) is 9.46. The van der Waals surface area contributed by atoms with Gasteiger partial charge in [0.05, 0.1) is 18.2 Å². The van der Waals surface area contributed by atoms with Crippen LogP contribution in [0.1, 0.15) is 43.1 Å². The average Bonchev–Trinajstić information content (AvgIpc) is 2.98. The van der Waals surface area contributed by atoms with Crippen LogP contribution < -0.4 is 10.1 Å². The summed E-state index contributed by atoms with van der Waals surface area (Å²) in [6.45, 7) is 1.18. The maximum atomic E-state index is 12.6. The Morgan fingerprint density at radius 3 is 2.55 bits per heavy atom. The number of benzene rings is 2. The average molecular weight is 396 g/mol. The van der Waals surface area contributed by atoms with Crippen LogP contribution in [0.5, 0.6) is 5.75 Å². The van der Waals surface area contributed by atoms with Gasteiger partial charge in [-0.1, -0.05) is 18.2 Å². The smallest absolute Gasteiger partial charge is 0.261 e. The van der Waals surface area contributed by atoms with E-state index in [-0.39, 0.29) is 23.3 Å². The van der Waals surface area contributed by atoms with Gasteiger partial charge in [0.25, 0.3) is 17.7 Å². The summed E-state index contributed by atoms with van der Waals surface area (Å²) in [5.74, 6) is -0.216. The van der Waals surface area contributed by atoms with Gasteiger partial charge in [-0.05, 0) is 42.7 Å². The molecule has 0 unspecified atom stereocenters. The number of para-hydroxylation sites is 1. The lowest BCUT2D eigenvalue weighted by atomic mass is 10.1. The van der Waals surface area contributed by atoms with E-state index in [1.165, 1.54) is 11.0 Å². The topological polar surface area (TPSA) is 84.9 Å². The number of carbonyl (C=O) groups is 3. The molecule has 0 aromatic heterocycles. The van der Waals surface area contributed by atoms with E-state index in [0.717, 1.165) is 11.3 Å². The van der Waals surface area contributed by atoms with Crippen LogP contribution in [-0.2, 0) is 11.2 Å². The van der Waals surface area contributed by atoms with Crippen LogP contribution in [0.2, 0.25) is 0 Å². The summed E-state index contributed by atoms with van der Waals surface area (Å²) in [7, 11) is 3.18. The van der Waals surface area contributed by atoms with Crippen molar-refractivity contribution in [3.63, 3.8) is 0 Å². The summed E-state index contributed by atoms with van der Waals surface area (Å²) < 4.78 is 10.3. The third kappa shape index (κ3) is 4.46. The molecule has 29 heavy (non-hydrogen) atoms. The zero-order valence-electron chi connectivity index (χ0n) is 16.6. The van der Waals surface area contributed by atoms with Gasteiger partial charge in [-0.15, -0.1) is 0 Å². The van der Waals surface area contributed by atoms with Crippen molar-refractivity contribution in [2.45, 2.75) is 12.8 Å². The number of hydrogen-bond acceptors (Lipinski definition) is 5. The van der Waals surface area contributed by atoms with Crippen molar-refractivity contribution in [1.29, 1.82) is 0 Å². The second-order valence-corrected chi connectivity index (χ2v) is 6.69. The molecule has 0 fully saturated rings. The van der Waals surface area contributed by atoms with Crippen molar-refractivity contribution < 1.29 is 23.9 Å². The number of methoxy groups -OCH3 is 2. The Morgan fingerprint density at radius 1 is 1.03 bits per heavy atom. The molecule has 0 bridgehead atoms. The zero-order chi connectivity index (χ0) is 20.8. The Hall–Kier alpha value is -3.19. The quantitative estimate of drug-likeness (QED) is 0.519. The zero-order valence-corrected chi connectivity index (χ0v) is 16.6. The minimum Gasteiger partial charge on any atom is -0.496 e. The molecule has 3 rings (SSSR count). The highest BCUT2D eigenvalue weighted by Crippen LogP contribution is 2.24. The number of nitrogens with one attached hydrogen (secondary N) is 1. The van der Waals surface area contributed by atoms with Crippen molar-refractivity contribution >= 4 is 17.7 Å². The Balaban J connectivity index is 1.63. The molecule has 0 radical (unpaired) electrons.